The van der Waals surface area contributed by atoms with Crippen LogP contribution in [0, 0.1) is 56.1 Å². The molecule has 3 N–H and O–H groups in total. The molecule has 3 saturated carbocycles. The van der Waals surface area contributed by atoms with E-state index >= 15 is 0 Å². The maximum absolute atomic E-state index is 14.7. The molecule has 0 amide bonds. The lowest BCUT2D eigenvalue weighted by atomic mass is 9.37. The number of aliphatic hydroxyl groups excluding tert-OH is 1. The predicted octanol–water partition coefficient (Wildman–Crippen LogP) is 10.1. The minimum Gasteiger partial charge on any atom is -0.481 e. The number of carboxylic acid groups (broad SMARTS) is 1. The quantitative estimate of drug-likeness (QED) is 0.171. The number of benzene rings is 1. The van der Waals surface area contributed by atoms with Crippen LogP contribution >= 0.6 is 11.6 Å². The summed E-state index contributed by atoms with van der Waals surface area (Å²) in [6, 6.07) is 4.94. The Morgan fingerprint density at radius 2 is 1.74 bits per heavy atom. The van der Waals surface area contributed by atoms with Gasteiger partial charge in [0.1, 0.15) is 11.9 Å². The maximum Gasteiger partial charge on any atom is 0.309 e. The molecule has 0 bridgehead atoms. The number of hydrogen-bond acceptors (Lipinski definition) is 6. The van der Waals surface area contributed by atoms with Crippen molar-refractivity contribution in [1.29, 1.82) is 0 Å². The van der Waals surface area contributed by atoms with Gasteiger partial charge in [-0.3, -0.25) is 14.4 Å². The average Bonchev–Trinajstić information content (AvgIpc) is 3.37. The van der Waals surface area contributed by atoms with Gasteiger partial charge in [-0.15, -0.1) is 0 Å². The number of esters is 1. The van der Waals surface area contributed by atoms with E-state index in [4.69, 9.17) is 16.3 Å². The van der Waals surface area contributed by atoms with Crippen molar-refractivity contribution in [2.75, 3.05) is 6.54 Å². The average molecular weight is 772 g/mol. The Morgan fingerprint density at radius 1 is 1.06 bits per heavy atom. The van der Waals surface area contributed by atoms with E-state index in [2.05, 4.69) is 60.7 Å². The van der Waals surface area contributed by atoms with E-state index in [0.29, 0.717) is 23.8 Å². The fraction of sp³-hybridized carbons (Fsp3) is 0.756. The first kappa shape index (κ1) is 42.8. The van der Waals surface area contributed by atoms with E-state index in [1.165, 1.54) is 6.07 Å². The highest BCUT2D eigenvalue weighted by Crippen LogP contribution is 2.73. The molecule has 302 valence electrons. The molecule has 1 aromatic carbocycles. The monoisotopic (exact) mass is 771 g/mol. The third-order valence-corrected chi connectivity index (χ3v) is 16.0. The number of carbonyl (C=O) groups excluding carboxylic acids is 2. The van der Waals surface area contributed by atoms with Crippen LogP contribution in [0.3, 0.4) is 0 Å². The fourth-order valence-corrected chi connectivity index (χ4v) is 12.5. The number of carbonyl (C=O) groups is 3. The highest BCUT2D eigenvalue weighted by molar-refractivity contribution is 6.30. The zero-order chi connectivity index (χ0) is 40.2. The number of carboxylic acids is 1. The number of hydrogen-bond donors (Lipinski definition) is 3. The molecule has 0 radical (unpaired) electrons. The number of rotatable bonds is 13. The Hall–Kier alpha value is -2.29. The summed E-state index contributed by atoms with van der Waals surface area (Å²) >= 11 is 6.03. The normalized spacial score (nSPS) is 34.4. The molecule has 0 unspecified atom stereocenters. The van der Waals surface area contributed by atoms with Gasteiger partial charge in [-0.2, -0.15) is 0 Å². The van der Waals surface area contributed by atoms with Crippen LogP contribution in [-0.2, 0) is 25.7 Å². The van der Waals surface area contributed by atoms with Crippen molar-refractivity contribution < 1.29 is 33.7 Å². The van der Waals surface area contributed by atoms with Gasteiger partial charge in [0.25, 0.3) is 0 Å². The van der Waals surface area contributed by atoms with E-state index in [0.717, 1.165) is 68.9 Å². The number of aliphatic hydroxyl groups is 1. The van der Waals surface area contributed by atoms with E-state index < -0.39 is 34.7 Å². The van der Waals surface area contributed by atoms with Crippen LogP contribution in [0.25, 0.3) is 0 Å². The van der Waals surface area contributed by atoms with Crippen molar-refractivity contribution in [2.24, 2.45) is 50.2 Å². The first-order valence-electron chi connectivity index (χ1n) is 20.5. The Balaban J connectivity index is 1.42. The predicted molar refractivity (Wildman–Crippen MR) is 211 cm³/mol. The number of Topliss-reactive ketones (excluding diaryl/α,β-unsaturated/α-hetero) is 1. The summed E-state index contributed by atoms with van der Waals surface area (Å²) in [5.41, 5.74) is 0.197. The van der Waals surface area contributed by atoms with Crippen LogP contribution in [0.2, 0.25) is 5.02 Å². The van der Waals surface area contributed by atoms with Gasteiger partial charge in [-0.25, -0.2) is 4.39 Å². The number of ketones is 1. The van der Waals surface area contributed by atoms with Gasteiger partial charge in [0.2, 0.25) is 0 Å². The fourth-order valence-electron chi connectivity index (χ4n) is 12.3. The lowest BCUT2D eigenvalue weighted by Gasteiger charge is -2.68. The molecule has 1 aromatic rings. The van der Waals surface area contributed by atoms with E-state index in [9.17, 15) is 29.0 Å². The van der Waals surface area contributed by atoms with Gasteiger partial charge in [0, 0.05) is 35.9 Å². The molecular formula is C45H67ClFNO6. The molecule has 8 atom stereocenters. The van der Waals surface area contributed by atoms with E-state index in [-0.39, 0.29) is 64.0 Å². The molecule has 0 saturated heterocycles. The van der Waals surface area contributed by atoms with Crippen LogP contribution in [0.5, 0.6) is 0 Å². The van der Waals surface area contributed by atoms with Gasteiger partial charge in [0.05, 0.1) is 23.0 Å². The first-order valence-corrected chi connectivity index (χ1v) is 20.9. The Kier molecular flexibility index (Phi) is 12.1. The summed E-state index contributed by atoms with van der Waals surface area (Å²) in [7, 11) is 0. The van der Waals surface area contributed by atoms with Crippen LogP contribution in [0.4, 0.5) is 4.39 Å². The molecule has 7 nitrogen and oxygen atoms in total. The highest BCUT2D eigenvalue weighted by Gasteiger charge is 2.66. The van der Waals surface area contributed by atoms with Crippen molar-refractivity contribution in [3.05, 3.63) is 45.7 Å². The third-order valence-electron chi connectivity index (χ3n) is 15.7. The molecule has 0 spiro atoms. The van der Waals surface area contributed by atoms with Gasteiger partial charge < -0.3 is 20.3 Å². The lowest BCUT2D eigenvalue weighted by Crippen LogP contribution is -2.62. The number of nitrogens with one attached hydrogen (secondary N) is 1. The van der Waals surface area contributed by atoms with Crippen LogP contribution in [-0.4, -0.2) is 46.7 Å². The Labute approximate surface area is 328 Å². The maximum atomic E-state index is 14.7. The first-order chi connectivity index (χ1) is 25.0. The molecular weight excluding hydrogens is 705 g/mol. The number of allylic oxidation sites excluding steroid dienone is 1. The van der Waals surface area contributed by atoms with E-state index in [1.54, 1.807) is 26.0 Å². The van der Waals surface area contributed by atoms with Crippen molar-refractivity contribution in [3.63, 3.8) is 0 Å². The van der Waals surface area contributed by atoms with Crippen LogP contribution in [0.1, 0.15) is 145 Å². The number of halogens is 2. The number of fused-ring (bicyclic) bond motifs is 2. The topological polar surface area (TPSA) is 113 Å². The minimum atomic E-state index is -1.19. The van der Waals surface area contributed by atoms with Gasteiger partial charge in [-0.1, -0.05) is 91.1 Å². The van der Waals surface area contributed by atoms with Crippen LogP contribution in [0.15, 0.2) is 29.3 Å². The van der Waals surface area contributed by atoms with Crippen molar-refractivity contribution in [1.82, 2.24) is 5.32 Å². The summed E-state index contributed by atoms with van der Waals surface area (Å²) in [5.74, 6) is -0.999. The Morgan fingerprint density at radius 3 is 2.37 bits per heavy atom. The van der Waals surface area contributed by atoms with Crippen molar-refractivity contribution in [2.45, 2.75) is 159 Å². The molecule has 4 aliphatic rings. The smallest absolute Gasteiger partial charge is 0.309 e. The second-order valence-corrected chi connectivity index (χ2v) is 20.4. The van der Waals surface area contributed by atoms with Gasteiger partial charge >= 0.3 is 11.9 Å². The zero-order valence-electron chi connectivity index (χ0n) is 34.6. The lowest BCUT2D eigenvalue weighted by molar-refractivity contribution is -0.214. The standard InChI is InChI=1S/C45H67ClFNO6/c1-11-13-33-43(9)18-17-35(54-36(51)24-40(4,5)39(52)53)41(6,7)32(43)16-19-44(33,10)42(8)20-21-45(23-31(49)37(27(2)3)29(45)22-42)34(50)26-48-25-28-14-12-15-30(46)38(28)47/h12,14-15,27,32-35,48,50H,11,13,16-26H2,1-10H3,(H,52,53)/t32-,33+,34+,35-,42+,43-,44+,45+/m0/s1. The largest absolute Gasteiger partial charge is 0.481 e. The molecule has 4 aliphatic carbocycles. The number of ether oxygens (including phenoxy) is 1. The molecule has 0 aliphatic heterocycles. The summed E-state index contributed by atoms with van der Waals surface area (Å²) in [4.78, 5) is 38.8. The van der Waals surface area contributed by atoms with Gasteiger partial charge in [-0.05, 0) is 111 Å². The SMILES string of the molecule is CCC[C@@H]1[C@@]2(C)CC[C@H](OC(=O)CC(C)(C)C(=O)O)C(C)(C)[C@@H]2CC[C@@]1(C)[C@]1(C)CC[C@@]2([C@H](O)CNCc3cccc(Cl)c3F)CC(=O)C(C(C)C)=C2C1. The molecule has 0 heterocycles. The van der Waals surface area contributed by atoms with Crippen LogP contribution < -0.4 is 5.32 Å². The van der Waals surface area contributed by atoms with Crippen molar-refractivity contribution in [3.8, 4) is 0 Å². The Bertz CT molecular complexity index is 1650. The molecule has 5 rings (SSSR count). The third kappa shape index (κ3) is 7.23. The molecule has 9 heteroatoms. The summed E-state index contributed by atoms with van der Waals surface area (Å²) in [6.07, 6.45) is 7.29. The minimum absolute atomic E-state index is 0.00685. The van der Waals surface area contributed by atoms with Crippen molar-refractivity contribution >= 4 is 29.3 Å². The summed E-state index contributed by atoms with van der Waals surface area (Å²) < 4.78 is 20.8. The summed E-state index contributed by atoms with van der Waals surface area (Å²) in [6.45, 7) is 22.0. The highest BCUT2D eigenvalue weighted by atomic mass is 35.5. The summed E-state index contributed by atoms with van der Waals surface area (Å²) in [5, 5.41) is 25.0. The van der Waals surface area contributed by atoms with Gasteiger partial charge in [0.15, 0.2) is 5.78 Å². The molecule has 0 aromatic heterocycles. The zero-order valence-corrected chi connectivity index (χ0v) is 35.4. The number of aliphatic carboxylic acids is 1. The second kappa shape index (κ2) is 15.2. The van der Waals surface area contributed by atoms with E-state index in [1.807, 2.05) is 0 Å². The second-order valence-electron chi connectivity index (χ2n) is 20.0. The molecule has 3 fully saturated rings. The molecule has 54 heavy (non-hydrogen) atoms.